The molecule has 0 radical (unpaired) electrons. The van der Waals surface area contributed by atoms with Crippen LogP contribution in [0.3, 0.4) is 0 Å². The van der Waals surface area contributed by atoms with Crippen LogP contribution in [0.4, 0.5) is 5.69 Å². The molecule has 0 bridgehead atoms. The SMILES string of the molecule is CC(Oc1ccccc1C(C)C)C(=O)Nc1ccc(-n2cnnc2)nc1. The largest absolute Gasteiger partial charge is 0.481 e. The Balaban J connectivity index is 1.64. The van der Waals surface area contributed by atoms with Crippen LogP contribution in [0, 0.1) is 0 Å². The highest BCUT2D eigenvalue weighted by Gasteiger charge is 2.17. The highest BCUT2D eigenvalue weighted by Crippen LogP contribution is 2.26. The van der Waals surface area contributed by atoms with Crippen molar-refractivity contribution in [2.75, 3.05) is 5.32 Å². The van der Waals surface area contributed by atoms with Crippen LogP contribution < -0.4 is 10.1 Å². The Labute approximate surface area is 152 Å². The van der Waals surface area contributed by atoms with E-state index in [-0.39, 0.29) is 5.91 Å². The summed E-state index contributed by atoms with van der Waals surface area (Å²) in [4.78, 5) is 16.7. The van der Waals surface area contributed by atoms with Crippen LogP contribution >= 0.6 is 0 Å². The van der Waals surface area contributed by atoms with E-state index in [4.69, 9.17) is 4.74 Å². The molecule has 1 N–H and O–H groups in total. The minimum atomic E-state index is -0.632. The number of ether oxygens (including phenoxy) is 1. The number of benzene rings is 1. The Bertz CT molecular complexity index is 860. The molecule has 0 saturated heterocycles. The van der Waals surface area contributed by atoms with E-state index in [2.05, 4.69) is 34.3 Å². The standard InChI is InChI=1S/C19H21N5O2/c1-13(2)16-6-4-5-7-17(16)26-14(3)19(25)23-15-8-9-18(20-10-15)24-11-21-22-12-24/h4-14H,1-3H3,(H,23,25). The van der Waals surface area contributed by atoms with Crippen molar-refractivity contribution in [1.29, 1.82) is 0 Å². The third-order valence-electron chi connectivity index (χ3n) is 3.91. The molecule has 7 nitrogen and oxygen atoms in total. The molecule has 2 heterocycles. The zero-order valence-electron chi connectivity index (χ0n) is 15.0. The number of rotatable bonds is 6. The van der Waals surface area contributed by atoms with Crippen molar-refractivity contribution in [2.45, 2.75) is 32.8 Å². The summed E-state index contributed by atoms with van der Waals surface area (Å²) in [7, 11) is 0. The summed E-state index contributed by atoms with van der Waals surface area (Å²) in [6.45, 7) is 5.91. The molecule has 3 rings (SSSR count). The minimum absolute atomic E-state index is 0.234. The molecule has 1 amide bonds. The van der Waals surface area contributed by atoms with Crippen molar-refractivity contribution in [1.82, 2.24) is 19.7 Å². The Morgan fingerprint density at radius 1 is 1.08 bits per heavy atom. The maximum absolute atomic E-state index is 12.4. The topological polar surface area (TPSA) is 81.9 Å². The van der Waals surface area contributed by atoms with Gasteiger partial charge in [0.15, 0.2) is 6.10 Å². The van der Waals surface area contributed by atoms with Crippen molar-refractivity contribution in [3.8, 4) is 11.6 Å². The summed E-state index contributed by atoms with van der Waals surface area (Å²) in [5.41, 5.74) is 1.67. The van der Waals surface area contributed by atoms with Gasteiger partial charge >= 0.3 is 0 Å². The molecule has 0 spiro atoms. The van der Waals surface area contributed by atoms with Gasteiger partial charge in [0.1, 0.15) is 24.2 Å². The van der Waals surface area contributed by atoms with Gasteiger partial charge in [0.25, 0.3) is 5.91 Å². The lowest BCUT2D eigenvalue weighted by Gasteiger charge is -2.18. The monoisotopic (exact) mass is 351 g/mol. The molecule has 1 aromatic carbocycles. The van der Waals surface area contributed by atoms with E-state index in [9.17, 15) is 4.79 Å². The Hall–Kier alpha value is -3.22. The summed E-state index contributed by atoms with van der Waals surface area (Å²) in [6, 6.07) is 11.3. The van der Waals surface area contributed by atoms with E-state index in [1.165, 1.54) is 0 Å². The van der Waals surface area contributed by atoms with Gasteiger partial charge in [-0.2, -0.15) is 0 Å². The van der Waals surface area contributed by atoms with Crippen LogP contribution in [-0.2, 0) is 4.79 Å². The molecule has 26 heavy (non-hydrogen) atoms. The second kappa shape index (κ2) is 7.77. The molecule has 7 heteroatoms. The lowest BCUT2D eigenvalue weighted by molar-refractivity contribution is -0.122. The van der Waals surface area contributed by atoms with Gasteiger partial charge in [-0.05, 0) is 36.6 Å². The molecule has 0 aliphatic heterocycles. The minimum Gasteiger partial charge on any atom is -0.481 e. The van der Waals surface area contributed by atoms with Crippen LogP contribution in [-0.4, -0.2) is 31.8 Å². The molecule has 1 atom stereocenters. The van der Waals surface area contributed by atoms with Gasteiger partial charge < -0.3 is 10.1 Å². The summed E-state index contributed by atoms with van der Waals surface area (Å²) in [5, 5.41) is 10.3. The van der Waals surface area contributed by atoms with E-state index >= 15 is 0 Å². The number of carbonyl (C=O) groups excluding carboxylic acids is 1. The van der Waals surface area contributed by atoms with Gasteiger partial charge in [-0.25, -0.2) is 4.98 Å². The van der Waals surface area contributed by atoms with Crippen molar-refractivity contribution >= 4 is 11.6 Å². The summed E-state index contributed by atoms with van der Waals surface area (Å²) in [6.07, 6.45) is 4.07. The van der Waals surface area contributed by atoms with Gasteiger partial charge in [0.2, 0.25) is 0 Å². The van der Waals surface area contributed by atoms with Crippen LogP contribution in [0.2, 0.25) is 0 Å². The molecular weight excluding hydrogens is 330 g/mol. The average Bonchev–Trinajstić information content (AvgIpc) is 3.17. The first-order valence-corrected chi connectivity index (χ1v) is 8.42. The fraction of sp³-hybridized carbons (Fsp3) is 0.263. The first kappa shape index (κ1) is 17.6. The van der Waals surface area contributed by atoms with E-state index in [0.29, 0.717) is 17.4 Å². The molecular formula is C19H21N5O2. The first-order chi connectivity index (χ1) is 12.5. The average molecular weight is 351 g/mol. The highest BCUT2D eigenvalue weighted by molar-refractivity contribution is 5.94. The molecule has 0 fully saturated rings. The fourth-order valence-corrected chi connectivity index (χ4v) is 2.48. The summed E-state index contributed by atoms with van der Waals surface area (Å²) < 4.78 is 7.55. The van der Waals surface area contributed by atoms with Crippen molar-refractivity contribution in [3.63, 3.8) is 0 Å². The molecule has 0 aliphatic carbocycles. The number of nitrogens with zero attached hydrogens (tertiary/aromatic N) is 4. The van der Waals surface area contributed by atoms with Gasteiger partial charge in [0.05, 0.1) is 11.9 Å². The highest BCUT2D eigenvalue weighted by atomic mass is 16.5. The molecule has 3 aromatic rings. The predicted molar refractivity (Wildman–Crippen MR) is 98.4 cm³/mol. The molecule has 0 aliphatic rings. The number of pyridine rings is 1. The zero-order chi connectivity index (χ0) is 18.5. The lowest BCUT2D eigenvalue weighted by atomic mass is 10.0. The van der Waals surface area contributed by atoms with Crippen LogP contribution in [0.1, 0.15) is 32.3 Å². The smallest absolute Gasteiger partial charge is 0.265 e. The number of nitrogens with one attached hydrogen (secondary N) is 1. The molecule has 2 aromatic heterocycles. The number of amides is 1. The van der Waals surface area contributed by atoms with Gasteiger partial charge in [0, 0.05) is 0 Å². The van der Waals surface area contributed by atoms with Crippen molar-refractivity contribution in [2.24, 2.45) is 0 Å². The zero-order valence-corrected chi connectivity index (χ0v) is 15.0. The number of aromatic nitrogens is 4. The lowest BCUT2D eigenvalue weighted by Crippen LogP contribution is -2.30. The third kappa shape index (κ3) is 4.05. The summed E-state index contributed by atoms with van der Waals surface area (Å²) in [5.74, 6) is 1.48. The van der Waals surface area contributed by atoms with Crippen molar-refractivity contribution < 1.29 is 9.53 Å². The summed E-state index contributed by atoms with van der Waals surface area (Å²) >= 11 is 0. The van der Waals surface area contributed by atoms with Crippen LogP contribution in [0.15, 0.2) is 55.2 Å². The Morgan fingerprint density at radius 3 is 2.46 bits per heavy atom. The molecule has 134 valence electrons. The van der Waals surface area contributed by atoms with E-state index in [1.54, 1.807) is 42.5 Å². The second-order valence-corrected chi connectivity index (χ2v) is 6.22. The molecule has 1 unspecified atom stereocenters. The Kier molecular flexibility index (Phi) is 5.26. The van der Waals surface area contributed by atoms with Crippen molar-refractivity contribution in [3.05, 3.63) is 60.8 Å². The van der Waals surface area contributed by atoms with Gasteiger partial charge in [-0.15, -0.1) is 10.2 Å². The third-order valence-corrected chi connectivity index (χ3v) is 3.91. The normalized spacial score (nSPS) is 12.0. The Morgan fingerprint density at radius 2 is 1.81 bits per heavy atom. The maximum atomic E-state index is 12.4. The predicted octanol–water partition coefficient (Wildman–Crippen LogP) is 3.19. The molecule has 0 saturated carbocycles. The van der Waals surface area contributed by atoms with E-state index in [1.807, 2.05) is 24.3 Å². The van der Waals surface area contributed by atoms with Crippen LogP contribution in [0.25, 0.3) is 5.82 Å². The maximum Gasteiger partial charge on any atom is 0.265 e. The first-order valence-electron chi connectivity index (χ1n) is 8.42. The quantitative estimate of drug-likeness (QED) is 0.737. The fourth-order valence-electron chi connectivity index (χ4n) is 2.48. The van der Waals surface area contributed by atoms with E-state index in [0.717, 1.165) is 11.3 Å². The second-order valence-electron chi connectivity index (χ2n) is 6.22. The number of hydrogen-bond acceptors (Lipinski definition) is 5. The van der Waals surface area contributed by atoms with Gasteiger partial charge in [-0.3, -0.25) is 9.36 Å². The number of hydrogen-bond donors (Lipinski definition) is 1. The number of para-hydroxylation sites is 1. The number of carbonyl (C=O) groups is 1. The van der Waals surface area contributed by atoms with Gasteiger partial charge in [-0.1, -0.05) is 32.0 Å². The van der Waals surface area contributed by atoms with E-state index < -0.39 is 6.10 Å². The van der Waals surface area contributed by atoms with Crippen LogP contribution in [0.5, 0.6) is 5.75 Å². The number of anilines is 1.